The van der Waals surface area contributed by atoms with Crippen LogP contribution in [0.5, 0.6) is 0 Å². The van der Waals surface area contributed by atoms with Gasteiger partial charge in [-0.3, -0.25) is 14.8 Å². The predicted molar refractivity (Wildman–Crippen MR) is 98.8 cm³/mol. The second-order valence-electron chi connectivity index (χ2n) is 5.86. The highest BCUT2D eigenvalue weighted by Crippen LogP contribution is 2.23. The summed E-state index contributed by atoms with van der Waals surface area (Å²) in [7, 11) is 0. The number of fused-ring (bicyclic) bond motifs is 1. The second-order valence-corrected chi connectivity index (χ2v) is 5.86. The molecule has 0 saturated carbocycles. The first-order chi connectivity index (χ1) is 12.6. The Hall–Kier alpha value is -3.28. The predicted octanol–water partition coefficient (Wildman–Crippen LogP) is 3.51. The fourth-order valence-corrected chi connectivity index (χ4v) is 2.63. The summed E-state index contributed by atoms with van der Waals surface area (Å²) in [5.74, 6) is -0.948. The minimum absolute atomic E-state index is 0.309. The maximum atomic E-state index is 12.6. The Labute approximate surface area is 151 Å². The molecule has 0 spiro atoms. The molecule has 3 aromatic rings. The molecule has 2 heterocycles. The minimum atomic E-state index is -0.894. The van der Waals surface area contributed by atoms with Crippen molar-refractivity contribution < 1.29 is 14.3 Å². The smallest absolute Gasteiger partial charge is 0.340 e. The standard InChI is InChI=1S/C20H19N3O3/c1-3-18(26-20(25)14-7-6-10-21-12-14)19(24)23-17-11-13(2)22-16-9-5-4-8-15(16)17/h4-12,18H,3H2,1-2H3,(H,22,23,24). The number of ether oxygens (including phenoxy) is 1. The van der Waals surface area contributed by atoms with Crippen LogP contribution < -0.4 is 5.32 Å². The Morgan fingerprint density at radius 2 is 2.00 bits per heavy atom. The van der Waals surface area contributed by atoms with E-state index in [1.807, 2.05) is 31.2 Å². The van der Waals surface area contributed by atoms with Gasteiger partial charge in [-0.15, -0.1) is 0 Å². The van der Waals surface area contributed by atoms with Crippen molar-refractivity contribution in [3.63, 3.8) is 0 Å². The zero-order valence-corrected chi connectivity index (χ0v) is 14.6. The average Bonchev–Trinajstić information content (AvgIpc) is 2.66. The number of hydrogen-bond donors (Lipinski definition) is 1. The molecule has 0 aliphatic carbocycles. The third kappa shape index (κ3) is 3.85. The summed E-state index contributed by atoms with van der Waals surface area (Å²) in [6.45, 7) is 3.65. The van der Waals surface area contributed by atoms with Crippen LogP contribution in [0.15, 0.2) is 54.9 Å². The van der Waals surface area contributed by atoms with E-state index >= 15 is 0 Å². The van der Waals surface area contributed by atoms with Crippen LogP contribution in [0.3, 0.4) is 0 Å². The van der Waals surface area contributed by atoms with Gasteiger partial charge in [0.2, 0.25) is 0 Å². The van der Waals surface area contributed by atoms with E-state index in [0.717, 1.165) is 16.6 Å². The first-order valence-electron chi connectivity index (χ1n) is 8.36. The number of aryl methyl sites for hydroxylation is 1. The molecule has 26 heavy (non-hydrogen) atoms. The van der Waals surface area contributed by atoms with Crippen molar-refractivity contribution in [2.75, 3.05) is 5.32 Å². The number of nitrogens with zero attached hydrogens (tertiary/aromatic N) is 2. The number of nitrogens with one attached hydrogen (secondary N) is 1. The number of para-hydroxylation sites is 1. The van der Waals surface area contributed by atoms with Crippen LogP contribution >= 0.6 is 0 Å². The van der Waals surface area contributed by atoms with Gasteiger partial charge in [0, 0.05) is 23.5 Å². The van der Waals surface area contributed by atoms with Gasteiger partial charge in [0.1, 0.15) is 0 Å². The molecular formula is C20H19N3O3. The molecule has 0 fully saturated rings. The fraction of sp³-hybridized carbons (Fsp3) is 0.200. The highest BCUT2D eigenvalue weighted by Gasteiger charge is 2.23. The number of benzene rings is 1. The first kappa shape index (κ1) is 17.5. The van der Waals surface area contributed by atoms with Gasteiger partial charge in [-0.05, 0) is 37.6 Å². The Kier molecular flexibility index (Phi) is 5.22. The van der Waals surface area contributed by atoms with Crippen molar-refractivity contribution >= 4 is 28.5 Å². The number of esters is 1. The molecule has 132 valence electrons. The number of hydrogen-bond acceptors (Lipinski definition) is 5. The number of carbonyl (C=O) groups is 2. The molecule has 6 heteroatoms. The lowest BCUT2D eigenvalue weighted by molar-refractivity contribution is -0.124. The van der Waals surface area contributed by atoms with Crippen LogP contribution in [0.4, 0.5) is 5.69 Å². The number of pyridine rings is 2. The summed E-state index contributed by atoms with van der Waals surface area (Å²) in [6, 6.07) is 12.6. The maximum Gasteiger partial charge on any atom is 0.340 e. The monoisotopic (exact) mass is 349 g/mol. The summed E-state index contributed by atoms with van der Waals surface area (Å²) in [6.07, 6.45) is 2.44. The van der Waals surface area contributed by atoms with Gasteiger partial charge in [-0.25, -0.2) is 4.79 Å². The Balaban J connectivity index is 1.79. The Morgan fingerprint density at radius 1 is 1.19 bits per heavy atom. The van der Waals surface area contributed by atoms with E-state index in [1.54, 1.807) is 31.3 Å². The SMILES string of the molecule is CCC(OC(=O)c1cccnc1)C(=O)Nc1cc(C)nc2ccccc12. The van der Waals surface area contributed by atoms with Crippen LogP contribution in [0, 0.1) is 6.92 Å². The first-order valence-corrected chi connectivity index (χ1v) is 8.36. The van der Waals surface area contributed by atoms with Gasteiger partial charge >= 0.3 is 5.97 Å². The normalized spacial score (nSPS) is 11.8. The van der Waals surface area contributed by atoms with Crippen LogP contribution in [-0.2, 0) is 9.53 Å². The molecule has 1 aromatic carbocycles. The lowest BCUT2D eigenvalue weighted by atomic mass is 10.1. The van der Waals surface area contributed by atoms with E-state index in [0.29, 0.717) is 17.7 Å². The third-order valence-electron chi connectivity index (χ3n) is 3.91. The zero-order valence-electron chi connectivity index (χ0n) is 14.6. The van der Waals surface area contributed by atoms with Gasteiger partial charge in [0.05, 0.1) is 16.8 Å². The summed E-state index contributed by atoms with van der Waals surface area (Å²) in [4.78, 5) is 33.2. The number of aromatic nitrogens is 2. The molecule has 0 aliphatic heterocycles. The Bertz CT molecular complexity index is 941. The van der Waals surface area contributed by atoms with Crippen molar-refractivity contribution in [1.29, 1.82) is 0 Å². The molecule has 0 bridgehead atoms. The minimum Gasteiger partial charge on any atom is -0.449 e. The molecule has 0 radical (unpaired) electrons. The van der Waals surface area contributed by atoms with E-state index in [4.69, 9.17) is 4.74 Å². The van der Waals surface area contributed by atoms with Gasteiger partial charge in [0.15, 0.2) is 6.10 Å². The number of anilines is 1. The summed E-state index contributed by atoms with van der Waals surface area (Å²) < 4.78 is 5.36. The lowest BCUT2D eigenvalue weighted by Crippen LogP contribution is -2.32. The van der Waals surface area contributed by atoms with Crippen molar-refractivity contribution in [2.45, 2.75) is 26.4 Å². The van der Waals surface area contributed by atoms with Crippen molar-refractivity contribution in [2.24, 2.45) is 0 Å². The van der Waals surface area contributed by atoms with E-state index in [-0.39, 0.29) is 5.91 Å². The molecule has 0 aliphatic rings. The van der Waals surface area contributed by atoms with E-state index in [2.05, 4.69) is 15.3 Å². The molecule has 1 amide bonds. The highest BCUT2D eigenvalue weighted by molar-refractivity contribution is 6.03. The van der Waals surface area contributed by atoms with Crippen molar-refractivity contribution in [1.82, 2.24) is 9.97 Å². The Morgan fingerprint density at radius 3 is 2.73 bits per heavy atom. The number of amides is 1. The average molecular weight is 349 g/mol. The van der Waals surface area contributed by atoms with E-state index in [1.165, 1.54) is 6.20 Å². The molecule has 3 rings (SSSR count). The topological polar surface area (TPSA) is 81.2 Å². The van der Waals surface area contributed by atoms with Crippen molar-refractivity contribution in [3.05, 3.63) is 66.1 Å². The van der Waals surface area contributed by atoms with Crippen LogP contribution in [0.1, 0.15) is 29.4 Å². The van der Waals surface area contributed by atoms with Crippen LogP contribution in [-0.4, -0.2) is 27.9 Å². The lowest BCUT2D eigenvalue weighted by Gasteiger charge is -2.17. The molecule has 2 aromatic heterocycles. The maximum absolute atomic E-state index is 12.6. The molecule has 1 atom stereocenters. The number of rotatable bonds is 5. The molecule has 1 unspecified atom stereocenters. The van der Waals surface area contributed by atoms with E-state index in [9.17, 15) is 9.59 Å². The largest absolute Gasteiger partial charge is 0.449 e. The van der Waals surface area contributed by atoms with Gasteiger partial charge in [-0.1, -0.05) is 25.1 Å². The van der Waals surface area contributed by atoms with Gasteiger partial charge in [-0.2, -0.15) is 0 Å². The molecule has 1 N–H and O–H groups in total. The highest BCUT2D eigenvalue weighted by atomic mass is 16.5. The fourth-order valence-electron chi connectivity index (χ4n) is 2.63. The number of carbonyl (C=O) groups excluding carboxylic acids is 2. The zero-order chi connectivity index (χ0) is 18.5. The third-order valence-corrected chi connectivity index (χ3v) is 3.91. The van der Waals surface area contributed by atoms with Gasteiger partial charge < -0.3 is 10.1 Å². The second kappa shape index (κ2) is 7.74. The summed E-state index contributed by atoms with van der Waals surface area (Å²) >= 11 is 0. The quantitative estimate of drug-likeness (QED) is 0.713. The molecule has 0 saturated heterocycles. The van der Waals surface area contributed by atoms with Gasteiger partial charge in [0.25, 0.3) is 5.91 Å². The van der Waals surface area contributed by atoms with Crippen LogP contribution in [0.25, 0.3) is 10.9 Å². The van der Waals surface area contributed by atoms with E-state index < -0.39 is 12.1 Å². The van der Waals surface area contributed by atoms with Crippen LogP contribution in [0.2, 0.25) is 0 Å². The molecular weight excluding hydrogens is 330 g/mol. The summed E-state index contributed by atoms with van der Waals surface area (Å²) in [5, 5.41) is 3.70. The molecule has 6 nitrogen and oxygen atoms in total. The van der Waals surface area contributed by atoms with Crippen molar-refractivity contribution in [3.8, 4) is 0 Å². The summed E-state index contributed by atoms with van der Waals surface area (Å²) in [5.41, 5.74) is 2.54.